The lowest BCUT2D eigenvalue weighted by atomic mass is 10.2. The first kappa shape index (κ1) is 29.5. The smallest absolute Gasteiger partial charge is 0.271 e. The van der Waals surface area contributed by atoms with Gasteiger partial charge in [-0.1, -0.05) is 13.8 Å². The summed E-state index contributed by atoms with van der Waals surface area (Å²) < 4.78 is 35.3. The molecule has 0 aliphatic carbocycles. The zero-order chi connectivity index (χ0) is 28.0. The van der Waals surface area contributed by atoms with Crippen molar-refractivity contribution < 1.29 is 22.7 Å². The van der Waals surface area contributed by atoms with Crippen LogP contribution in [-0.4, -0.2) is 109 Å². The monoisotopic (exact) mass is 550 g/mol. The van der Waals surface area contributed by atoms with E-state index < -0.39 is 21.8 Å². The lowest BCUT2D eigenvalue weighted by Crippen LogP contribution is -2.48. The van der Waals surface area contributed by atoms with Crippen molar-refractivity contribution in [2.75, 3.05) is 65.3 Å². The maximum absolute atomic E-state index is 13.5. The van der Waals surface area contributed by atoms with Gasteiger partial charge in [0, 0.05) is 32.7 Å². The van der Waals surface area contributed by atoms with E-state index in [0.717, 1.165) is 6.54 Å². The van der Waals surface area contributed by atoms with Gasteiger partial charge >= 0.3 is 0 Å². The molecule has 0 spiro atoms. The first-order chi connectivity index (χ1) is 18.0. The van der Waals surface area contributed by atoms with Crippen LogP contribution in [0.3, 0.4) is 0 Å². The Hall–Kier alpha value is -3.07. The number of pyridine rings is 1. The highest BCUT2D eigenvalue weighted by Crippen LogP contribution is 2.27. The number of nitrogens with two attached hydrogens (primary N) is 1. The Kier molecular flexibility index (Phi) is 9.82. The number of ether oxygens (including phenoxy) is 1. The fourth-order valence-electron chi connectivity index (χ4n) is 4.24. The number of anilines is 1. The van der Waals surface area contributed by atoms with Crippen LogP contribution in [0.5, 0.6) is 5.88 Å². The van der Waals surface area contributed by atoms with Crippen molar-refractivity contribution in [3.05, 3.63) is 29.2 Å². The average molecular weight is 551 g/mol. The molecule has 2 aromatic rings. The molecule has 3 heterocycles. The van der Waals surface area contributed by atoms with E-state index in [1.807, 2.05) is 32.8 Å². The number of hydrogen-bond acceptors (Lipinski definition) is 9. The molecular formula is C24H38N8O5S. The Bertz CT molecular complexity index is 1250. The molecule has 1 aliphatic heterocycles. The van der Waals surface area contributed by atoms with E-state index in [1.165, 1.54) is 16.6 Å². The minimum absolute atomic E-state index is 0.0153. The quantitative estimate of drug-likeness (QED) is 0.384. The average Bonchev–Trinajstić information content (AvgIpc) is 3.25. The van der Waals surface area contributed by atoms with Crippen LogP contribution in [0.4, 0.5) is 5.69 Å². The minimum Gasteiger partial charge on any atom is -0.477 e. The number of likely N-dealkylation sites (N-methyl/N-ethyl adjacent to an activating group) is 2. The van der Waals surface area contributed by atoms with Gasteiger partial charge in [0.2, 0.25) is 15.9 Å². The second kappa shape index (κ2) is 12.7. The second-order valence-electron chi connectivity index (χ2n) is 9.16. The van der Waals surface area contributed by atoms with Crippen molar-refractivity contribution >= 4 is 27.5 Å². The zero-order valence-corrected chi connectivity index (χ0v) is 23.5. The van der Waals surface area contributed by atoms with Gasteiger partial charge in [0.25, 0.3) is 11.8 Å². The number of amides is 2. The SMILES string of the molecule is CCOc1ncc(S(=O)(=O)N2CCN(CC)CC2)cc1C(=O)Nc1c(C(N)=O)nn(CCN(C)C)c1CC. The highest BCUT2D eigenvalue weighted by atomic mass is 32.2. The maximum Gasteiger partial charge on any atom is 0.271 e. The largest absolute Gasteiger partial charge is 0.477 e. The predicted octanol–water partition coefficient (Wildman–Crippen LogP) is 0.478. The third-order valence-electron chi connectivity index (χ3n) is 6.39. The molecule has 0 aromatic carbocycles. The molecule has 210 valence electrons. The first-order valence-corrected chi connectivity index (χ1v) is 14.2. The molecule has 0 bridgehead atoms. The first-order valence-electron chi connectivity index (χ1n) is 12.7. The summed E-state index contributed by atoms with van der Waals surface area (Å²) >= 11 is 0. The summed E-state index contributed by atoms with van der Waals surface area (Å²) in [6.07, 6.45) is 1.67. The van der Waals surface area contributed by atoms with Gasteiger partial charge in [-0.3, -0.25) is 14.3 Å². The highest BCUT2D eigenvalue weighted by Gasteiger charge is 2.31. The van der Waals surface area contributed by atoms with Crippen LogP contribution in [0.15, 0.2) is 17.2 Å². The Balaban J connectivity index is 1.98. The summed E-state index contributed by atoms with van der Waals surface area (Å²) in [5.74, 6) is -1.49. The fourth-order valence-corrected chi connectivity index (χ4v) is 5.64. The summed E-state index contributed by atoms with van der Waals surface area (Å²) in [6, 6.07) is 1.26. The van der Waals surface area contributed by atoms with Gasteiger partial charge in [-0.2, -0.15) is 9.40 Å². The Morgan fingerprint density at radius 1 is 1.16 bits per heavy atom. The summed E-state index contributed by atoms with van der Waals surface area (Å²) in [5.41, 5.74) is 6.25. The number of primary amides is 1. The van der Waals surface area contributed by atoms with Crippen LogP contribution in [0.1, 0.15) is 47.3 Å². The van der Waals surface area contributed by atoms with E-state index in [9.17, 15) is 18.0 Å². The van der Waals surface area contributed by atoms with Crippen LogP contribution in [0.2, 0.25) is 0 Å². The van der Waals surface area contributed by atoms with Crippen molar-refractivity contribution in [3.63, 3.8) is 0 Å². The van der Waals surface area contributed by atoms with Gasteiger partial charge in [-0.25, -0.2) is 13.4 Å². The van der Waals surface area contributed by atoms with Gasteiger partial charge in [-0.05, 0) is 40.1 Å². The molecule has 3 rings (SSSR count). The number of rotatable bonds is 12. The van der Waals surface area contributed by atoms with Crippen LogP contribution in [0.25, 0.3) is 0 Å². The zero-order valence-electron chi connectivity index (χ0n) is 22.7. The number of carbonyl (C=O) groups excluding carboxylic acids is 2. The molecule has 3 N–H and O–H groups in total. The number of sulfonamides is 1. The number of hydrogen-bond donors (Lipinski definition) is 2. The van der Waals surface area contributed by atoms with E-state index in [-0.39, 0.29) is 34.3 Å². The Morgan fingerprint density at radius 3 is 2.39 bits per heavy atom. The van der Waals surface area contributed by atoms with Gasteiger partial charge in [0.15, 0.2) is 5.69 Å². The molecule has 14 heteroatoms. The number of nitrogens with one attached hydrogen (secondary N) is 1. The topological polar surface area (TPSA) is 156 Å². The molecule has 0 radical (unpaired) electrons. The van der Waals surface area contributed by atoms with Gasteiger partial charge in [-0.15, -0.1) is 0 Å². The van der Waals surface area contributed by atoms with Crippen LogP contribution >= 0.6 is 0 Å². The van der Waals surface area contributed by atoms with Gasteiger partial charge in [0.05, 0.1) is 30.7 Å². The number of piperazine rings is 1. The molecule has 2 amide bonds. The van der Waals surface area contributed by atoms with E-state index in [2.05, 4.69) is 20.3 Å². The third kappa shape index (κ3) is 6.49. The molecule has 13 nitrogen and oxygen atoms in total. The van der Waals surface area contributed by atoms with Crippen LogP contribution in [0, 0.1) is 0 Å². The number of carbonyl (C=O) groups is 2. The molecule has 2 aromatic heterocycles. The summed E-state index contributed by atoms with van der Waals surface area (Å²) in [6.45, 7) is 9.79. The maximum atomic E-state index is 13.5. The normalized spacial score (nSPS) is 15.1. The highest BCUT2D eigenvalue weighted by molar-refractivity contribution is 7.89. The van der Waals surface area contributed by atoms with E-state index in [1.54, 1.807) is 11.6 Å². The lowest BCUT2D eigenvalue weighted by molar-refractivity contribution is 0.0995. The molecular weight excluding hydrogens is 512 g/mol. The predicted molar refractivity (Wildman–Crippen MR) is 143 cm³/mol. The van der Waals surface area contributed by atoms with Crippen LogP contribution < -0.4 is 15.8 Å². The second-order valence-corrected chi connectivity index (χ2v) is 11.1. The molecule has 1 saturated heterocycles. The van der Waals surface area contributed by atoms with E-state index >= 15 is 0 Å². The summed E-state index contributed by atoms with van der Waals surface area (Å²) in [4.78, 5) is 33.9. The standard InChI is InChI=1S/C24H38N8O5S/c1-6-19-20(21(22(25)33)28-32(19)14-9-29(4)5)27-23(34)18-15-17(16-26-24(18)37-8-3)38(35,36)31-12-10-30(7-2)11-13-31/h15-16H,6-14H2,1-5H3,(H2,25,33)(H,27,34). The van der Waals surface area contributed by atoms with Crippen molar-refractivity contribution in [1.29, 1.82) is 0 Å². The van der Waals surface area contributed by atoms with Gasteiger partial charge in [0.1, 0.15) is 10.5 Å². The van der Waals surface area contributed by atoms with Gasteiger partial charge < -0.3 is 25.6 Å². The molecule has 0 atom stereocenters. The van der Waals surface area contributed by atoms with Crippen molar-refractivity contribution in [3.8, 4) is 5.88 Å². The van der Waals surface area contributed by atoms with Crippen molar-refractivity contribution in [2.24, 2.45) is 5.73 Å². The summed E-state index contributed by atoms with van der Waals surface area (Å²) in [7, 11) is -0.0538. The number of aromatic nitrogens is 3. The molecule has 1 aliphatic rings. The Morgan fingerprint density at radius 2 is 1.84 bits per heavy atom. The molecule has 1 fully saturated rings. The third-order valence-corrected chi connectivity index (χ3v) is 8.26. The fraction of sp³-hybridized carbons (Fsp3) is 0.583. The van der Waals surface area contributed by atoms with Crippen molar-refractivity contribution in [2.45, 2.75) is 38.6 Å². The summed E-state index contributed by atoms with van der Waals surface area (Å²) in [5, 5.41) is 7.07. The minimum atomic E-state index is -3.89. The van der Waals surface area contributed by atoms with E-state index in [4.69, 9.17) is 10.5 Å². The van der Waals surface area contributed by atoms with E-state index in [0.29, 0.717) is 51.4 Å². The lowest BCUT2D eigenvalue weighted by Gasteiger charge is -2.33. The van der Waals surface area contributed by atoms with Crippen molar-refractivity contribution in [1.82, 2.24) is 28.9 Å². The molecule has 38 heavy (non-hydrogen) atoms. The van der Waals surface area contributed by atoms with Crippen LogP contribution in [-0.2, 0) is 23.0 Å². The Labute approximate surface area is 224 Å². The molecule has 0 saturated carbocycles. The molecule has 0 unspecified atom stereocenters. The number of nitrogens with zero attached hydrogens (tertiary/aromatic N) is 6.